The largest absolute Gasteiger partial charge is 0.397 e. The van der Waals surface area contributed by atoms with Crippen molar-refractivity contribution in [1.82, 2.24) is 24.9 Å². The summed E-state index contributed by atoms with van der Waals surface area (Å²) >= 11 is 4.70. The molecule has 0 radical (unpaired) electrons. The number of nitrogens with zero attached hydrogens (tertiary/aromatic N) is 4. The van der Waals surface area contributed by atoms with E-state index in [9.17, 15) is 0 Å². The normalized spacial score (nSPS) is 10.9. The van der Waals surface area contributed by atoms with Crippen molar-refractivity contribution in [1.29, 1.82) is 0 Å². The van der Waals surface area contributed by atoms with Crippen LogP contribution in [0.4, 0.5) is 5.69 Å². The van der Waals surface area contributed by atoms with E-state index < -0.39 is 0 Å². The molecule has 0 aliphatic rings. The highest BCUT2D eigenvalue weighted by Crippen LogP contribution is 2.32. The zero-order valence-electron chi connectivity index (χ0n) is 8.96. The molecule has 3 aromatic rings. The molecule has 0 aliphatic heterocycles. The minimum absolute atomic E-state index is 0.598. The molecule has 0 fully saturated rings. The Morgan fingerprint density at radius 1 is 1.17 bits per heavy atom. The van der Waals surface area contributed by atoms with Crippen LogP contribution in [-0.4, -0.2) is 24.9 Å². The molecule has 90 valence electrons. The monoisotopic (exact) mass is 322 g/mol. The van der Waals surface area contributed by atoms with Crippen molar-refractivity contribution in [3.8, 4) is 0 Å². The fourth-order valence-electron chi connectivity index (χ4n) is 1.44. The van der Waals surface area contributed by atoms with Crippen LogP contribution < -0.4 is 5.73 Å². The Bertz CT molecular complexity index is 712. The minimum atomic E-state index is 0.598. The Kier molecular flexibility index (Phi) is 2.88. The van der Waals surface area contributed by atoms with Gasteiger partial charge in [0.25, 0.3) is 0 Å². The van der Waals surface area contributed by atoms with E-state index in [2.05, 4.69) is 40.8 Å². The van der Waals surface area contributed by atoms with Gasteiger partial charge in [0.2, 0.25) is 0 Å². The number of aromatic amines is 1. The van der Waals surface area contributed by atoms with Crippen molar-refractivity contribution < 1.29 is 0 Å². The van der Waals surface area contributed by atoms with Gasteiger partial charge in [0, 0.05) is 10.7 Å². The number of aromatic nitrogens is 5. The molecule has 0 unspecified atom stereocenters. The van der Waals surface area contributed by atoms with Crippen LogP contribution in [0.15, 0.2) is 39.4 Å². The van der Waals surface area contributed by atoms with Crippen LogP contribution in [0.3, 0.4) is 0 Å². The summed E-state index contributed by atoms with van der Waals surface area (Å²) in [6, 6.07) is 1.81. The lowest BCUT2D eigenvalue weighted by Crippen LogP contribution is -1.93. The van der Waals surface area contributed by atoms with E-state index in [0.29, 0.717) is 16.4 Å². The number of hydrogen-bond donors (Lipinski definition) is 2. The summed E-state index contributed by atoms with van der Waals surface area (Å²) in [6.45, 7) is 0. The molecule has 6 nitrogen and oxygen atoms in total. The van der Waals surface area contributed by atoms with Crippen molar-refractivity contribution in [3.63, 3.8) is 0 Å². The number of nitrogen functional groups attached to an aromatic ring is 1. The van der Waals surface area contributed by atoms with Gasteiger partial charge < -0.3 is 10.7 Å². The Labute approximate surface area is 115 Å². The third-order valence-electron chi connectivity index (χ3n) is 2.23. The van der Waals surface area contributed by atoms with E-state index >= 15 is 0 Å². The Morgan fingerprint density at radius 2 is 2.06 bits per heavy atom. The maximum absolute atomic E-state index is 5.91. The predicted molar refractivity (Wildman–Crippen MR) is 72.2 cm³/mol. The number of fused-ring (bicyclic) bond motifs is 1. The molecule has 0 atom stereocenters. The quantitative estimate of drug-likeness (QED) is 0.703. The number of H-pyrrole nitrogens is 1. The summed E-state index contributed by atoms with van der Waals surface area (Å²) in [5.41, 5.74) is 7.92. The van der Waals surface area contributed by atoms with Crippen LogP contribution in [0.1, 0.15) is 0 Å². The average Bonchev–Trinajstić information content (AvgIpc) is 2.82. The molecule has 3 heterocycles. The number of hydrogen-bond acceptors (Lipinski definition) is 6. The highest BCUT2D eigenvalue weighted by atomic mass is 79.9. The maximum atomic E-state index is 5.91. The van der Waals surface area contributed by atoms with Crippen LogP contribution in [0.2, 0.25) is 0 Å². The SMILES string of the molecule is Nc1cc(Br)cnc1Sc1ncnc2nc[nH]c12. The summed E-state index contributed by atoms with van der Waals surface area (Å²) < 4.78 is 0.846. The molecule has 0 aliphatic carbocycles. The van der Waals surface area contributed by atoms with Crippen LogP contribution in [-0.2, 0) is 0 Å². The lowest BCUT2D eigenvalue weighted by Gasteiger charge is -2.04. The number of rotatable bonds is 2. The predicted octanol–water partition coefficient (Wildman–Crippen LogP) is 2.24. The van der Waals surface area contributed by atoms with Gasteiger partial charge in [-0.3, -0.25) is 0 Å². The molecule has 0 aromatic carbocycles. The number of nitrogens with two attached hydrogens (primary N) is 1. The van der Waals surface area contributed by atoms with Crippen LogP contribution >= 0.6 is 27.7 Å². The molecule has 3 aromatic heterocycles. The smallest absolute Gasteiger partial charge is 0.181 e. The summed E-state index contributed by atoms with van der Waals surface area (Å²) in [5.74, 6) is 0. The van der Waals surface area contributed by atoms with E-state index in [4.69, 9.17) is 5.73 Å². The number of nitrogens with one attached hydrogen (secondary N) is 1. The highest BCUT2D eigenvalue weighted by molar-refractivity contribution is 9.10. The van der Waals surface area contributed by atoms with Gasteiger partial charge in [0.1, 0.15) is 21.9 Å². The molecule has 8 heteroatoms. The van der Waals surface area contributed by atoms with Crippen LogP contribution in [0.5, 0.6) is 0 Å². The van der Waals surface area contributed by atoms with Gasteiger partial charge in [-0.25, -0.2) is 19.9 Å². The summed E-state index contributed by atoms with van der Waals surface area (Å²) in [5, 5.41) is 1.45. The van der Waals surface area contributed by atoms with Crippen molar-refractivity contribution in [2.24, 2.45) is 0 Å². The third-order valence-corrected chi connectivity index (χ3v) is 3.70. The van der Waals surface area contributed by atoms with Crippen molar-refractivity contribution in [3.05, 3.63) is 29.4 Å². The topological polar surface area (TPSA) is 93.4 Å². The molecule has 0 spiro atoms. The lowest BCUT2D eigenvalue weighted by atomic mass is 10.4. The van der Waals surface area contributed by atoms with E-state index in [1.807, 2.05) is 0 Å². The highest BCUT2D eigenvalue weighted by Gasteiger charge is 2.10. The fraction of sp³-hybridized carbons (Fsp3) is 0. The fourth-order valence-corrected chi connectivity index (χ4v) is 2.61. The Hall–Kier alpha value is -1.67. The van der Waals surface area contributed by atoms with Gasteiger partial charge in [-0.2, -0.15) is 0 Å². The molecular weight excluding hydrogens is 316 g/mol. The third kappa shape index (κ3) is 2.04. The first-order valence-electron chi connectivity index (χ1n) is 4.97. The molecule has 18 heavy (non-hydrogen) atoms. The first-order chi connectivity index (χ1) is 8.74. The van der Waals surface area contributed by atoms with Gasteiger partial charge >= 0.3 is 0 Å². The first kappa shape index (κ1) is 11.4. The number of imidazole rings is 1. The maximum Gasteiger partial charge on any atom is 0.181 e. The molecule has 3 N–H and O–H groups in total. The van der Waals surface area contributed by atoms with Crippen molar-refractivity contribution in [2.45, 2.75) is 10.1 Å². The standard InChI is InChI=1S/C10H7BrN6S/c11-5-1-6(12)9(13-2-5)18-10-7-8(15-3-14-7)16-4-17-10/h1-4H,12H2,(H,14,15,16,17). The number of halogens is 1. The average molecular weight is 323 g/mol. The van der Waals surface area contributed by atoms with Crippen molar-refractivity contribution in [2.75, 3.05) is 5.73 Å². The summed E-state index contributed by atoms with van der Waals surface area (Å²) in [6.07, 6.45) is 4.76. The molecule has 0 saturated carbocycles. The van der Waals surface area contributed by atoms with Gasteiger partial charge in [-0.1, -0.05) is 0 Å². The second-order valence-electron chi connectivity index (χ2n) is 3.43. The van der Waals surface area contributed by atoms with Crippen molar-refractivity contribution >= 4 is 44.5 Å². The van der Waals surface area contributed by atoms with Gasteiger partial charge in [0.05, 0.1) is 12.0 Å². The number of pyridine rings is 1. The van der Waals surface area contributed by atoms with E-state index in [-0.39, 0.29) is 0 Å². The zero-order chi connectivity index (χ0) is 12.5. The summed E-state index contributed by atoms with van der Waals surface area (Å²) in [4.78, 5) is 19.6. The van der Waals surface area contributed by atoms with Gasteiger partial charge in [0.15, 0.2) is 5.65 Å². The van der Waals surface area contributed by atoms with Gasteiger partial charge in [-0.05, 0) is 33.8 Å². The minimum Gasteiger partial charge on any atom is -0.397 e. The van der Waals surface area contributed by atoms with E-state index in [1.165, 1.54) is 18.1 Å². The molecular formula is C10H7BrN6S. The van der Waals surface area contributed by atoms with Crippen LogP contribution in [0, 0.1) is 0 Å². The summed E-state index contributed by atoms with van der Waals surface area (Å²) in [7, 11) is 0. The van der Waals surface area contributed by atoms with E-state index in [1.54, 1.807) is 18.6 Å². The van der Waals surface area contributed by atoms with E-state index in [0.717, 1.165) is 15.0 Å². The number of anilines is 1. The first-order valence-corrected chi connectivity index (χ1v) is 6.58. The molecule has 3 rings (SSSR count). The zero-order valence-corrected chi connectivity index (χ0v) is 11.4. The second-order valence-corrected chi connectivity index (χ2v) is 5.32. The lowest BCUT2D eigenvalue weighted by molar-refractivity contribution is 1.07. The molecule has 0 saturated heterocycles. The second kappa shape index (κ2) is 4.54. The Morgan fingerprint density at radius 3 is 2.89 bits per heavy atom. The van der Waals surface area contributed by atoms with Gasteiger partial charge in [-0.15, -0.1) is 0 Å². The molecule has 0 amide bonds. The van der Waals surface area contributed by atoms with Crippen LogP contribution in [0.25, 0.3) is 11.2 Å². The Balaban J connectivity index is 2.03. The molecule has 0 bridgehead atoms.